The fourth-order valence-corrected chi connectivity index (χ4v) is 5.47. The summed E-state index contributed by atoms with van der Waals surface area (Å²) >= 11 is 0. The predicted octanol–water partition coefficient (Wildman–Crippen LogP) is 10.4. The van der Waals surface area contributed by atoms with Gasteiger partial charge in [-0.1, -0.05) is 121 Å². The number of aliphatic hydroxyl groups is 1. The first kappa shape index (κ1) is 36.0. The lowest BCUT2D eigenvalue weighted by Gasteiger charge is -2.12. The number of hydrogen-bond acceptors (Lipinski definition) is 5. The van der Waals surface area contributed by atoms with Crippen molar-refractivity contribution < 1.29 is 24.2 Å². The second kappa shape index (κ2) is 21.3. The van der Waals surface area contributed by atoms with E-state index in [1.54, 1.807) is 36.4 Å². The van der Waals surface area contributed by atoms with E-state index < -0.39 is 5.97 Å². The van der Waals surface area contributed by atoms with Gasteiger partial charge in [0.15, 0.2) is 0 Å². The van der Waals surface area contributed by atoms with Gasteiger partial charge in [0.2, 0.25) is 0 Å². The van der Waals surface area contributed by atoms with Crippen LogP contribution in [0.25, 0.3) is 11.1 Å². The molecule has 0 aliphatic carbocycles. The fourth-order valence-electron chi connectivity index (χ4n) is 5.47. The number of aliphatic hydroxyl groups excluding tert-OH is 1. The van der Waals surface area contributed by atoms with Crippen molar-refractivity contribution in [3.8, 4) is 16.9 Å². The zero-order chi connectivity index (χ0) is 32.1. The second-order valence-electron chi connectivity index (χ2n) is 12.4. The minimum atomic E-state index is -0.439. The van der Waals surface area contributed by atoms with Crippen LogP contribution in [0, 0.1) is 5.92 Å². The van der Waals surface area contributed by atoms with Gasteiger partial charge in [0.25, 0.3) is 0 Å². The van der Waals surface area contributed by atoms with Gasteiger partial charge >= 0.3 is 11.9 Å². The highest BCUT2D eigenvalue weighted by molar-refractivity contribution is 5.92. The molecule has 0 bridgehead atoms. The van der Waals surface area contributed by atoms with Crippen LogP contribution in [-0.4, -0.2) is 30.3 Å². The fraction of sp³-hybridized carbons (Fsp3) is 0.500. The van der Waals surface area contributed by atoms with Gasteiger partial charge in [-0.2, -0.15) is 0 Å². The first-order valence-electron chi connectivity index (χ1n) is 17.3. The minimum absolute atomic E-state index is 0.321. The van der Waals surface area contributed by atoms with Crippen molar-refractivity contribution in [2.24, 2.45) is 5.92 Å². The summed E-state index contributed by atoms with van der Waals surface area (Å²) in [5, 5.41) is 8.83. The summed E-state index contributed by atoms with van der Waals surface area (Å²) in [5.41, 5.74) is 4.44. The van der Waals surface area contributed by atoms with Gasteiger partial charge in [0, 0.05) is 6.61 Å². The number of esters is 2. The van der Waals surface area contributed by atoms with Gasteiger partial charge in [0.05, 0.1) is 17.7 Å². The van der Waals surface area contributed by atoms with Crippen molar-refractivity contribution in [2.75, 3.05) is 13.2 Å². The van der Waals surface area contributed by atoms with Crippen LogP contribution >= 0.6 is 0 Å². The van der Waals surface area contributed by atoms with Crippen LogP contribution < -0.4 is 4.74 Å². The quantitative estimate of drug-likeness (QED) is 0.0692. The number of rotatable bonds is 22. The molecule has 3 aromatic rings. The van der Waals surface area contributed by atoms with Crippen molar-refractivity contribution in [2.45, 2.75) is 110 Å². The summed E-state index contributed by atoms with van der Waals surface area (Å²) in [6, 6.07) is 22.7. The minimum Gasteiger partial charge on any atom is -0.462 e. The molecule has 0 saturated carbocycles. The highest BCUT2D eigenvalue weighted by atomic mass is 16.5. The Morgan fingerprint density at radius 2 is 1.13 bits per heavy atom. The summed E-state index contributed by atoms with van der Waals surface area (Å²) in [5.74, 6) is -0.0726. The summed E-state index contributed by atoms with van der Waals surface area (Å²) in [4.78, 5) is 25.2. The molecule has 1 N–H and O–H groups in total. The summed E-state index contributed by atoms with van der Waals surface area (Å²) in [7, 11) is 0. The van der Waals surface area contributed by atoms with E-state index >= 15 is 0 Å². The molecule has 1 atom stereocenters. The summed E-state index contributed by atoms with van der Waals surface area (Å²) < 4.78 is 11.0. The maximum Gasteiger partial charge on any atom is 0.343 e. The van der Waals surface area contributed by atoms with Crippen LogP contribution in [-0.2, 0) is 11.2 Å². The average Bonchev–Trinajstić information content (AvgIpc) is 3.07. The van der Waals surface area contributed by atoms with E-state index in [0.29, 0.717) is 36.0 Å². The molecule has 0 heterocycles. The molecule has 244 valence electrons. The Balaban J connectivity index is 1.37. The number of carbonyl (C=O) groups is 2. The van der Waals surface area contributed by atoms with E-state index in [0.717, 1.165) is 43.2 Å². The molecule has 0 fully saturated rings. The van der Waals surface area contributed by atoms with E-state index in [1.807, 2.05) is 12.1 Å². The zero-order valence-electron chi connectivity index (χ0n) is 27.6. The zero-order valence-corrected chi connectivity index (χ0v) is 27.6. The van der Waals surface area contributed by atoms with Crippen molar-refractivity contribution in [3.05, 3.63) is 89.5 Å². The highest BCUT2D eigenvalue weighted by Crippen LogP contribution is 2.23. The SMILES string of the molecule is CCCCCCC(C)COC(=O)c1ccc(OC(=O)c2ccc(-c3ccc(CCCCCCCCCCCO)cc3)cc2)cc1. The Hall–Kier alpha value is -3.44. The summed E-state index contributed by atoms with van der Waals surface area (Å²) in [6.07, 6.45) is 18.0. The Labute approximate surface area is 271 Å². The van der Waals surface area contributed by atoms with Crippen LogP contribution in [0.3, 0.4) is 0 Å². The Bertz CT molecular complexity index is 1230. The van der Waals surface area contributed by atoms with Gasteiger partial charge in [-0.05, 0) is 84.7 Å². The van der Waals surface area contributed by atoms with Crippen LogP contribution in [0.4, 0.5) is 0 Å². The smallest absolute Gasteiger partial charge is 0.343 e. The lowest BCUT2D eigenvalue weighted by atomic mass is 10.00. The molecular formula is C40H54O5. The number of benzene rings is 3. The molecular weight excluding hydrogens is 560 g/mol. The van der Waals surface area contributed by atoms with Crippen LogP contribution in [0.1, 0.15) is 130 Å². The third-order valence-corrected chi connectivity index (χ3v) is 8.38. The highest BCUT2D eigenvalue weighted by Gasteiger charge is 2.13. The third kappa shape index (κ3) is 14.0. The molecule has 0 spiro atoms. The maximum absolute atomic E-state index is 12.7. The molecule has 5 heteroatoms. The first-order valence-corrected chi connectivity index (χ1v) is 17.3. The van der Waals surface area contributed by atoms with Crippen molar-refractivity contribution in [3.63, 3.8) is 0 Å². The number of unbranched alkanes of at least 4 members (excludes halogenated alkanes) is 11. The number of aryl methyl sites for hydroxylation is 1. The number of carbonyl (C=O) groups excluding carboxylic acids is 2. The van der Waals surface area contributed by atoms with Crippen molar-refractivity contribution in [1.82, 2.24) is 0 Å². The Morgan fingerprint density at radius 3 is 1.73 bits per heavy atom. The molecule has 5 nitrogen and oxygen atoms in total. The molecule has 0 amide bonds. The maximum atomic E-state index is 12.7. The standard InChI is InChI=1S/C40H54O5/c1-3-4-5-13-16-32(2)31-44-39(42)36-26-28-38(29-27-36)45-40(43)37-24-22-35(23-25-37)34-20-18-33(19-21-34)17-14-11-9-7-6-8-10-12-15-30-41/h18-29,32,41H,3-17,30-31H2,1-2H3. The Morgan fingerprint density at radius 1 is 0.622 bits per heavy atom. The van der Waals surface area contributed by atoms with Gasteiger partial charge in [0.1, 0.15) is 5.75 Å². The lowest BCUT2D eigenvalue weighted by Crippen LogP contribution is -2.12. The van der Waals surface area contributed by atoms with Crippen LogP contribution in [0.15, 0.2) is 72.8 Å². The van der Waals surface area contributed by atoms with Gasteiger partial charge in [-0.15, -0.1) is 0 Å². The Kier molecular flexibility index (Phi) is 17.1. The molecule has 3 rings (SSSR count). The molecule has 1 unspecified atom stereocenters. The predicted molar refractivity (Wildman–Crippen MR) is 184 cm³/mol. The van der Waals surface area contributed by atoms with E-state index in [-0.39, 0.29) is 5.97 Å². The topological polar surface area (TPSA) is 72.8 Å². The van der Waals surface area contributed by atoms with Crippen LogP contribution in [0.5, 0.6) is 5.75 Å². The van der Waals surface area contributed by atoms with Crippen molar-refractivity contribution in [1.29, 1.82) is 0 Å². The molecule has 0 aromatic heterocycles. The molecule has 0 aliphatic heterocycles. The average molecular weight is 615 g/mol. The second-order valence-corrected chi connectivity index (χ2v) is 12.4. The van der Waals surface area contributed by atoms with Crippen LogP contribution in [0.2, 0.25) is 0 Å². The van der Waals surface area contributed by atoms with Crippen molar-refractivity contribution >= 4 is 11.9 Å². The van der Waals surface area contributed by atoms with E-state index in [2.05, 4.69) is 38.1 Å². The third-order valence-electron chi connectivity index (χ3n) is 8.38. The molecule has 3 aromatic carbocycles. The molecule has 45 heavy (non-hydrogen) atoms. The number of ether oxygens (including phenoxy) is 2. The first-order chi connectivity index (χ1) is 22.0. The number of hydrogen-bond donors (Lipinski definition) is 1. The van der Waals surface area contributed by atoms with E-state index in [4.69, 9.17) is 14.6 Å². The van der Waals surface area contributed by atoms with Gasteiger partial charge in [-0.3, -0.25) is 0 Å². The van der Waals surface area contributed by atoms with Gasteiger partial charge in [-0.25, -0.2) is 9.59 Å². The molecule has 0 radical (unpaired) electrons. The summed E-state index contributed by atoms with van der Waals surface area (Å²) in [6.45, 7) is 5.04. The molecule has 0 aliphatic rings. The largest absolute Gasteiger partial charge is 0.462 e. The molecule has 0 saturated heterocycles. The van der Waals surface area contributed by atoms with E-state index in [1.165, 1.54) is 69.8 Å². The monoisotopic (exact) mass is 614 g/mol. The van der Waals surface area contributed by atoms with E-state index in [9.17, 15) is 9.59 Å². The lowest BCUT2D eigenvalue weighted by molar-refractivity contribution is 0.0442. The normalized spacial score (nSPS) is 11.7. The van der Waals surface area contributed by atoms with Gasteiger partial charge < -0.3 is 14.6 Å².